The lowest BCUT2D eigenvalue weighted by atomic mass is 10.2. The van der Waals surface area contributed by atoms with Crippen LogP contribution >= 0.6 is 23.2 Å². The molecule has 0 saturated carbocycles. The third kappa shape index (κ3) is 3.50. The summed E-state index contributed by atoms with van der Waals surface area (Å²) >= 11 is 12.1. The van der Waals surface area contributed by atoms with Crippen molar-refractivity contribution in [2.24, 2.45) is 0 Å². The molecule has 1 aliphatic rings. The number of ether oxygens (including phenoxy) is 1. The smallest absolute Gasteiger partial charge is 0.332 e. The Balaban J connectivity index is 1.70. The molecule has 1 atom stereocenters. The molecule has 0 bridgehead atoms. The van der Waals surface area contributed by atoms with Gasteiger partial charge in [0.2, 0.25) is 0 Å². The number of hydrogen-bond acceptors (Lipinski definition) is 3. The van der Waals surface area contributed by atoms with E-state index in [1.807, 2.05) is 31.2 Å². The zero-order valence-corrected chi connectivity index (χ0v) is 15.9. The normalized spacial score (nSPS) is 17.2. The minimum Gasteiger partial charge on any atom is -0.489 e. The molecule has 7 heteroatoms. The van der Waals surface area contributed by atoms with Crippen LogP contribution in [0.1, 0.15) is 12.5 Å². The fourth-order valence-corrected chi connectivity index (χ4v) is 3.34. The van der Waals surface area contributed by atoms with Crippen molar-refractivity contribution in [3.05, 3.63) is 58.1 Å². The third-order valence-electron chi connectivity index (χ3n) is 4.24. The van der Waals surface area contributed by atoms with Gasteiger partial charge in [-0.3, -0.25) is 14.6 Å². The molecule has 0 radical (unpaired) electrons. The van der Waals surface area contributed by atoms with E-state index in [2.05, 4.69) is 0 Å². The maximum Gasteiger partial charge on any atom is 0.332 e. The number of halogens is 2. The van der Waals surface area contributed by atoms with E-state index >= 15 is 0 Å². The lowest BCUT2D eigenvalue weighted by molar-refractivity contribution is -0.127. The molecule has 5 nitrogen and oxygen atoms in total. The molecule has 0 N–H and O–H groups in total. The van der Waals surface area contributed by atoms with Crippen molar-refractivity contribution in [1.29, 1.82) is 0 Å². The van der Waals surface area contributed by atoms with Gasteiger partial charge in [-0.2, -0.15) is 0 Å². The Labute approximate surface area is 162 Å². The van der Waals surface area contributed by atoms with E-state index in [0.29, 0.717) is 21.5 Å². The minimum absolute atomic E-state index is 0.107. The first-order valence-corrected chi connectivity index (χ1v) is 8.94. The Morgan fingerprint density at radius 2 is 1.65 bits per heavy atom. The average Bonchev–Trinajstić information content (AvgIpc) is 2.82. The van der Waals surface area contributed by atoms with E-state index in [0.717, 1.165) is 5.56 Å². The van der Waals surface area contributed by atoms with Gasteiger partial charge in [-0.1, -0.05) is 47.0 Å². The topological polar surface area (TPSA) is 49.9 Å². The molecule has 136 valence electrons. The first-order chi connectivity index (χ1) is 12.4. The van der Waals surface area contributed by atoms with E-state index in [4.69, 9.17) is 27.9 Å². The van der Waals surface area contributed by atoms with Crippen molar-refractivity contribution in [2.75, 3.05) is 18.1 Å². The van der Waals surface area contributed by atoms with Crippen molar-refractivity contribution < 1.29 is 14.3 Å². The SMILES string of the molecule is Cc1ccc(N2C(=O)N(CCOc3c(Cl)cccc3Cl)C(=O)C2C)cc1. The van der Waals surface area contributed by atoms with Crippen LogP contribution in [0.3, 0.4) is 0 Å². The highest BCUT2D eigenvalue weighted by Gasteiger charge is 2.43. The molecule has 3 amide bonds. The van der Waals surface area contributed by atoms with Crippen LogP contribution in [0.15, 0.2) is 42.5 Å². The van der Waals surface area contributed by atoms with Crippen LogP contribution < -0.4 is 9.64 Å². The largest absolute Gasteiger partial charge is 0.489 e. The van der Waals surface area contributed by atoms with Gasteiger partial charge in [0.1, 0.15) is 12.6 Å². The summed E-state index contributed by atoms with van der Waals surface area (Å²) in [5.41, 5.74) is 1.78. The van der Waals surface area contributed by atoms with Gasteiger partial charge in [0.05, 0.1) is 16.6 Å². The molecule has 2 aromatic rings. The molecular weight excluding hydrogens is 375 g/mol. The summed E-state index contributed by atoms with van der Waals surface area (Å²) in [6, 6.07) is 11.6. The summed E-state index contributed by atoms with van der Waals surface area (Å²) in [7, 11) is 0. The fraction of sp³-hybridized carbons (Fsp3) is 0.263. The van der Waals surface area contributed by atoms with Gasteiger partial charge in [0, 0.05) is 5.69 Å². The van der Waals surface area contributed by atoms with Crippen LogP contribution in [0.4, 0.5) is 10.5 Å². The molecule has 0 spiro atoms. The first-order valence-electron chi connectivity index (χ1n) is 8.18. The standard InChI is InChI=1S/C19H18Cl2N2O3/c1-12-6-8-14(9-7-12)23-13(2)18(24)22(19(23)25)10-11-26-17-15(20)4-3-5-16(17)21/h3-9,13H,10-11H2,1-2H3. The molecule has 0 aliphatic carbocycles. The number of amides is 3. The quantitative estimate of drug-likeness (QED) is 0.701. The van der Waals surface area contributed by atoms with Crippen LogP contribution in [0, 0.1) is 6.92 Å². The number of imide groups is 1. The van der Waals surface area contributed by atoms with E-state index < -0.39 is 6.04 Å². The average molecular weight is 393 g/mol. The summed E-state index contributed by atoms with van der Waals surface area (Å²) in [6.45, 7) is 3.90. The first kappa shape index (κ1) is 18.5. The molecule has 2 aromatic carbocycles. The molecule has 1 unspecified atom stereocenters. The molecule has 26 heavy (non-hydrogen) atoms. The number of carbonyl (C=O) groups is 2. The molecule has 0 aromatic heterocycles. The zero-order valence-electron chi connectivity index (χ0n) is 14.4. The summed E-state index contributed by atoms with van der Waals surface area (Å²) in [6.07, 6.45) is 0. The number of benzene rings is 2. The van der Waals surface area contributed by atoms with E-state index in [1.165, 1.54) is 9.80 Å². The number of rotatable bonds is 5. The second kappa shape index (κ2) is 7.56. The number of hydrogen-bond donors (Lipinski definition) is 0. The maximum absolute atomic E-state index is 12.7. The Hall–Kier alpha value is -2.24. The van der Waals surface area contributed by atoms with E-state index in [9.17, 15) is 9.59 Å². The Bertz CT molecular complexity index is 819. The predicted octanol–water partition coefficient (Wildman–Crippen LogP) is 4.54. The highest BCUT2D eigenvalue weighted by atomic mass is 35.5. The van der Waals surface area contributed by atoms with Crippen molar-refractivity contribution >= 4 is 40.8 Å². The number of carbonyl (C=O) groups excluding carboxylic acids is 2. The van der Waals surface area contributed by atoms with Crippen molar-refractivity contribution in [2.45, 2.75) is 19.9 Å². The van der Waals surface area contributed by atoms with Gasteiger partial charge in [-0.05, 0) is 38.1 Å². The van der Waals surface area contributed by atoms with Gasteiger partial charge in [-0.15, -0.1) is 0 Å². The summed E-state index contributed by atoms with van der Waals surface area (Å²) in [5, 5.41) is 0.762. The number of aryl methyl sites for hydroxylation is 1. The van der Waals surface area contributed by atoms with Crippen LogP contribution in [-0.4, -0.2) is 36.0 Å². The summed E-state index contributed by atoms with van der Waals surface area (Å²) in [4.78, 5) is 27.9. The highest BCUT2D eigenvalue weighted by Crippen LogP contribution is 2.32. The molecular formula is C19H18Cl2N2O3. The number of nitrogens with zero attached hydrogens (tertiary/aromatic N) is 2. The Morgan fingerprint density at radius 3 is 2.27 bits per heavy atom. The molecule has 1 fully saturated rings. The van der Waals surface area contributed by atoms with Gasteiger partial charge in [0.25, 0.3) is 5.91 Å². The Kier molecular flexibility index (Phi) is 5.39. The second-order valence-electron chi connectivity index (χ2n) is 6.05. The number of urea groups is 1. The predicted molar refractivity (Wildman–Crippen MR) is 102 cm³/mol. The molecule has 1 saturated heterocycles. The molecule has 1 aliphatic heterocycles. The molecule has 3 rings (SSSR count). The lowest BCUT2D eigenvalue weighted by Gasteiger charge is -2.19. The van der Waals surface area contributed by atoms with Gasteiger partial charge < -0.3 is 4.74 Å². The van der Waals surface area contributed by atoms with Gasteiger partial charge >= 0.3 is 6.03 Å². The summed E-state index contributed by atoms with van der Waals surface area (Å²) in [5.74, 6) is 0.0859. The van der Waals surface area contributed by atoms with Gasteiger partial charge in [0.15, 0.2) is 5.75 Å². The summed E-state index contributed by atoms with van der Waals surface area (Å²) < 4.78 is 5.59. The van der Waals surface area contributed by atoms with Crippen molar-refractivity contribution in [3.8, 4) is 5.75 Å². The van der Waals surface area contributed by atoms with Gasteiger partial charge in [-0.25, -0.2) is 4.79 Å². The minimum atomic E-state index is -0.561. The van der Waals surface area contributed by atoms with Crippen LogP contribution in [0.2, 0.25) is 10.0 Å². The van der Waals surface area contributed by atoms with E-state index in [1.54, 1.807) is 25.1 Å². The second-order valence-corrected chi connectivity index (χ2v) is 6.87. The third-order valence-corrected chi connectivity index (χ3v) is 4.84. The Morgan fingerprint density at radius 1 is 1.04 bits per heavy atom. The molecule has 1 heterocycles. The lowest BCUT2D eigenvalue weighted by Crippen LogP contribution is -2.36. The van der Waals surface area contributed by atoms with Crippen molar-refractivity contribution in [1.82, 2.24) is 4.90 Å². The number of para-hydroxylation sites is 1. The van der Waals surface area contributed by atoms with Crippen LogP contribution in [-0.2, 0) is 4.79 Å². The van der Waals surface area contributed by atoms with E-state index in [-0.39, 0.29) is 25.1 Å². The zero-order chi connectivity index (χ0) is 18.8. The van der Waals surface area contributed by atoms with Crippen LogP contribution in [0.25, 0.3) is 0 Å². The van der Waals surface area contributed by atoms with Crippen LogP contribution in [0.5, 0.6) is 5.75 Å². The fourth-order valence-electron chi connectivity index (χ4n) is 2.83. The maximum atomic E-state index is 12.7. The highest BCUT2D eigenvalue weighted by molar-refractivity contribution is 6.37. The number of anilines is 1. The van der Waals surface area contributed by atoms with Crippen molar-refractivity contribution in [3.63, 3.8) is 0 Å². The monoisotopic (exact) mass is 392 g/mol.